The number of fused-ring (bicyclic) bond motifs is 3. The summed E-state index contributed by atoms with van der Waals surface area (Å²) in [5.74, 6) is -0.878. The van der Waals surface area contributed by atoms with E-state index in [1.54, 1.807) is 6.07 Å². The summed E-state index contributed by atoms with van der Waals surface area (Å²) in [4.78, 5) is 15.8. The van der Waals surface area contributed by atoms with Crippen molar-refractivity contribution in [3.05, 3.63) is 47.7 Å². The van der Waals surface area contributed by atoms with Crippen molar-refractivity contribution in [2.24, 2.45) is 5.41 Å². The molecule has 0 unspecified atom stereocenters. The van der Waals surface area contributed by atoms with Gasteiger partial charge in [-0.2, -0.15) is 9.97 Å². The topological polar surface area (TPSA) is 104 Å². The molecule has 4 aromatic rings. The highest BCUT2D eigenvalue weighted by Gasteiger charge is 2.67. The van der Waals surface area contributed by atoms with Crippen LogP contribution in [0.3, 0.4) is 0 Å². The molecule has 2 saturated heterocycles. The SMILES string of the molecule is CCc1c(F)ccc2cc(O)cc(-c3ncc4c(NC56CC(CO)(C5)C6)nc(OC[C@@]56CCCN5C[C@H](F)C6)nc4c3F)c12. The van der Waals surface area contributed by atoms with Gasteiger partial charge in [0.15, 0.2) is 5.82 Å². The van der Waals surface area contributed by atoms with E-state index in [-0.39, 0.29) is 52.7 Å². The molecule has 11 heteroatoms. The van der Waals surface area contributed by atoms with Crippen LogP contribution in [-0.4, -0.2) is 73.6 Å². The Balaban J connectivity index is 1.24. The van der Waals surface area contributed by atoms with Gasteiger partial charge in [-0.05, 0) is 79.6 Å². The maximum absolute atomic E-state index is 16.7. The quantitative estimate of drug-likeness (QED) is 0.236. The molecular formula is C33H34F3N5O3. The summed E-state index contributed by atoms with van der Waals surface area (Å²) in [7, 11) is 0. The standard InChI is InChI=1S/C33H34F3N5O3/c1-2-21-24(35)5-4-18-8-20(43)9-22(25(18)21)27-26(36)28-23(11-37-27)29(40-32-13-31(14-32,15-32)16-42)39-30(38-28)44-17-33-6-3-7-41(33)12-19(34)10-33/h4-5,8-9,11,19,42-43H,2-3,6-7,10,12-17H2,1H3,(H,38,39,40)/t19-,31?,32?,33+/m1/s1. The zero-order valence-electron chi connectivity index (χ0n) is 24.5. The molecule has 230 valence electrons. The van der Waals surface area contributed by atoms with Crippen LogP contribution < -0.4 is 10.1 Å². The van der Waals surface area contributed by atoms with Gasteiger partial charge >= 0.3 is 6.01 Å². The Bertz CT molecular complexity index is 1820. The lowest BCUT2D eigenvalue weighted by Gasteiger charge is -2.70. The normalized spacial score (nSPS) is 29.1. The van der Waals surface area contributed by atoms with Gasteiger partial charge in [0.05, 0.1) is 10.9 Å². The van der Waals surface area contributed by atoms with Crippen LogP contribution in [0.25, 0.3) is 32.9 Å². The van der Waals surface area contributed by atoms with E-state index in [1.807, 2.05) is 6.92 Å². The number of nitrogens with one attached hydrogen (secondary N) is 1. The largest absolute Gasteiger partial charge is 0.508 e. The minimum absolute atomic E-state index is 0.0209. The van der Waals surface area contributed by atoms with Crippen molar-refractivity contribution in [2.45, 2.75) is 69.1 Å². The Hall–Kier alpha value is -3.70. The molecule has 5 aliphatic rings. The fourth-order valence-corrected chi connectivity index (χ4v) is 8.61. The van der Waals surface area contributed by atoms with Crippen LogP contribution in [0.15, 0.2) is 30.5 Å². The lowest BCUT2D eigenvalue weighted by atomic mass is 9.39. The number of hydrogen-bond acceptors (Lipinski definition) is 8. The second-order valence-corrected chi connectivity index (χ2v) is 13.5. The molecule has 0 spiro atoms. The van der Waals surface area contributed by atoms with Gasteiger partial charge < -0.3 is 20.3 Å². The Morgan fingerprint density at radius 3 is 2.75 bits per heavy atom. The summed E-state index contributed by atoms with van der Waals surface area (Å²) in [5, 5.41) is 25.2. The zero-order chi connectivity index (χ0) is 30.4. The molecule has 2 atom stereocenters. The first-order chi connectivity index (χ1) is 21.2. The van der Waals surface area contributed by atoms with Crippen LogP contribution in [0, 0.1) is 17.0 Å². The fraction of sp³-hybridized carbons (Fsp3) is 0.485. The predicted octanol–water partition coefficient (Wildman–Crippen LogP) is 5.67. The van der Waals surface area contributed by atoms with Gasteiger partial charge in [0.2, 0.25) is 0 Å². The molecule has 8 nitrogen and oxygen atoms in total. The minimum atomic E-state index is -0.919. The van der Waals surface area contributed by atoms with E-state index < -0.39 is 23.3 Å². The molecular weight excluding hydrogens is 571 g/mol. The van der Waals surface area contributed by atoms with E-state index in [1.165, 1.54) is 24.4 Å². The number of phenols is 1. The van der Waals surface area contributed by atoms with Crippen LogP contribution in [0.4, 0.5) is 19.0 Å². The molecule has 2 aromatic heterocycles. The highest BCUT2D eigenvalue weighted by Crippen LogP contribution is 2.68. The molecule has 3 saturated carbocycles. The number of ether oxygens (including phenoxy) is 1. The molecule has 0 radical (unpaired) electrons. The first kappa shape index (κ1) is 27.8. The molecule has 5 fully saturated rings. The molecule has 4 heterocycles. The van der Waals surface area contributed by atoms with Crippen molar-refractivity contribution in [3.8, 4) is 23.0 Å². The Morgan fingerprint density at radius 1 is 1.16 bits per heavy atom. The van der Waals surface area contributed by atoms with Crippen molar-refractivity contribution < 1.29 is 28.1 Å². The number of pyridine rings is 1. The second-order valence-electron chi connectivity index (χ2n) is 13.5. The van der Waals surface area contributed by atoms with Crippen LogP contribution in [0.5, 0.6) is 11.8 Å². The van der Waals surface area contributed by atoms with Crippen molar-refractivity contribution in [2.75, 3.05) is 31.6 Å². The van der Waals surface area contributed by atoms with E-state index in [2.05, 4.69) is 25.2 Å². The Labute approximate surface area is 252 Å². The number of phenolic OH excluding ortho intramolecular Hbond substituents is 1. The molecule has 0 amide bonds. The molecule has 2 bridgehead atoms. The number of nitrogens with zero attached hydrogens (tertiary/aromatic N) is 4. The van der Waals surface area contributed by atoms with Gasteiger partial charge in [0.25, 0.3) is 0 Å². The third kappa shape index (κ3) is 4.08. The number of anilines is 1. The van der Waals surface area contributed by atoms with E-state index in [4.69, 9.17) is 4.74 Å². The summed E-state index contributed by atoms with van der Waals surface area (Å²) in [5.41, 5.74) is -0.184. The number of halogens is 3. The summed E-state index contributed by atoms with van der Waals surface area (Å²) in [6, 6.07) is 5.79. The monoisotopic (exact) mass is 605 g/mol. The summed E-state index contributed by atoms with van der Waals surface area (Å²) < 4.78 is 52.1. The number of hydrogen-bond donors (Lipinski definition) is 3. The molecule has 9 rings (SSSR count). The highest BCUT2D eigenvalue weighted by molar-refractivity contribution is 6.01. The van der Waals surface area contributed by atoms with E-state index in [9.17, 15) is 19.0 Å². The summed E-state index contributed by atoms with van der Waals surface area (Å²) >= 11 is 0. The molecule has 2 aromatic carbocycles. The van der Waals surface area contributed by atoms with E-state index in [0.717, 1.165) is 38.6 Å². The number of aromatic nitrogens is 3. The predicted molar refractivity (Wildman–Crippen MR) is 160 cm³/mol. The number of alkyl halides is 1. The summed E-state index contributed by atoms with van der Waals surface area (Å²) in [6.45, 7) is 3.33. The van der Waals surface area contributed by atoms with Crippen LogP contribution >= 0.6 is 0 Å². The van der Waals surface area contributed by atoms with Crippen LogP contribution in [0.1, 0.15) is 51.0 Å². The zero-order valence-corrected chi connectivity index (χ0v) is 24.5. The number of aromatic hydroxyl groups is 1. The highest BCUT2D eigenvalue weighted by atomic mass is 19.1. The number of rotatable bonds is 8. The first-order valence-corrected chi connectivity index (χ1v) is 15.4. The van der Waals surface area contributed by atoms with E-state index >= 15 is 4.39 Å². The van der Waals surface area contributed by atoms with Gasteiger partial charge in [0.1, 0.15) is 41.4 Å². The van der Waals surface area contributed by atoms with Crippen molar-refractivity contribution in [1.82, 2.24) is 19.9 Å². The van der Waals surface area contributed by atoms with Crippen molar-refractivity contribution >= 4 is 27.5 Å². The molecule has 3 N–H and O–H groups in total. The molecule has 3 aliphatic carbocycles. The maximum atomic E-state index is 16.7. The molecule has 44 heavy (non-hydrogen) atoms. The van der Waals surface area contributed by atoms with E-state index in [0.29, 0.717) is 46.9 Å². The number of aliphatic hydroxyl groups is 1. The van der Waals surface area contributed by atoms with Gasteiger partial charge in [-0.1, -0.05) is 13.0 Å². The van der Waals surface area contributed by atoms with Crippen LogP contribution in [0.2, 0.25) is 0 Å². The number of aliphatic hydroxyl groups excluding tert-OH is 1. The van der Waals surface area contributed by atoms with Crippen LogP contribution in [-0.2, 0) is 6.42 Å². The van der Waals surface area contributed by atoms with Crippen molar-refractivity contribution in [3.63, 3.8) is 0 Å². The summed E-state index contributed by atoms with van der Waals surface area (Å²) in [6.07, 6.45) is 5.42. The lowest BCUT2D eigenvalue weighted by Crippen LogP contribution is -2.72. The van der Waals surface area contributed by atoms with Crippen molar-refractivity contribution in [1.29, 1.82) is 0 Å². The number of aryl methyl sites for hydroxylation is 1. The maximum Gasteiger partial charge on any atom is 0.319 e. The lowest BCUT2D eigenvalue weighted by molar-refractivity contribution is -0.146. The fourth-order valence-electron chi connectivity index (χ4n) is 8.61. The third-order valence-corrected chi connectivity index (χ3v) is 10.5. The number of benzene rings is 2. The average molecular weight is 606 g/mol. The second kappa shape index (κ2) is 9.65. The minimum Gasteiger partial charge on any atom is -0.508 e. The van der Waals surface area contributed by atoms with Gasteiger partial charge in [-0.25, -0.2) is 13.2 Å². The first-order valence-electron chi connectivity index (χ1n) is 15.4. The molecule has 2 aliphatic heterocycles. The van der Waals surface area contributed by atoms with Gasteiger partial charge in [-0.15, -0.1) is 0 Å². The average Bonchev–Trinajstić information content (AvgIpc) is 3.49. The third-order valence-electron chi connectivity index (χ3n) is 10.5. The van der Waals surface area contributed by atoms with Gasteiger partial charge in [-0.3, -0.25) is 9.88 Å². The Kier molecular flexibility index (Phi) is 6.10. The Morgan fingerprint density at radius 2 is 1.98 bits per heavy atom. The smallest absolute Gasteiger partial charge is 0.319 e. The van der Waals surface area contributed by atoms with Gasteiger partial charge in [0, 0.05) is 42.3 Å².